The highest BCUT2D eigenvalue weighted by molar-refractivity contribution is 5.98. The van der Waals surface area contributed by atoms with Crippen LogP contribution in [0.5, 0.6) is 0 Å². The fourth-order valence-corrected chi connectivity index (χ4v) is 2.78. The van der Waals surface area contributed by atoms with E-state index in [9.17, 15) is 14.0 Å². The number of carbonyl (C=O) groups excluding carboxylic acids is 2. The maximum absolute atomic E-state index is 14.1. The third-order valence-electron chi connectivity index (χ3n) is 3.98. The zero-order chi connectivity index (χ0) is 15.5. The molecule has 0 aromatic heterocycles. The Morgan fingerprint density at radius 1 is 1.13 bits per heavy atom. The molecule has 0 radical (unpaired) electrons. The fourth-order valence-electron chi connectivity index (χ4n) is 2.78. The minimum absolute atomic E-state index is 0. The van der Waals surface area contributed by atoms with E-state index in [0.29, 0.717) is 38.4 Å². The van der Waals surface area contributed by atoms with Crippen LogP contribution in [-0.2, 0) is 0 Å². The largest absolute Gasteiger partial charge is 0.337 e. The van der Waals surface area contributed by atoms with Crippen LogP contribution in [-0.4, -0.2) is 56.1 Å². The summed E-state index contributed by atoms with van der Waals surface area (Å²) in [5.74, 6) is -0.867. The van der Waals surface area contributed by atoms with Crippen LogP contribution < -0.4 is 15.5 Å². The first-order chi connectivity index (χ1) is 10.7. The number of halogens is 2. The molecule has 6 nitrogen and oxygen atoms in total. The summed E-state index contributed by atoms with van der Waals surface area (Å²) in [5, 5.41) is 5.90. The van der Waals surface area contributed by atoms with Crippen LogP contribution in [0.2, 0.25) is 0 Å². The Hall–Kier alpha value is -1.86. The molecule has 2 saturated heterocycles. The van der Waals surface area contributed by atoms with Crippen molar-refractivity contribution < 1.29 is 14.0 Å². The summed E-state index contributed by atoms with van der Waals surface area (Å²) < 4.78 is 14.1. The van der Waals surface area contributed by atoms with Crippen molar-refractivity contribution in [1.29, 1.82) is 0 Å². The van der Waals surface area contributed by atoms with Gasteiger partial charge in [0.1, 0.15) is 5.82 Å². The van der Waals surface area contributed by atoms with E-state index in [1.165, 1.54) is 23.1 Å². The van der Waals surface area contributed by atoms with Gasteiger partial charge in [-0.05, 0) is 31.2 Å². The molecule has 1 aromatic carbocycles. The monoisotopic (exact) mass is 342 g/mol. The first kappa shape index (κ1) is 17.5. The summed E-state index contributed by atoms with van der Waals surface area (Å²) in [7, 11) is 0. The number of rotatable bonds is 2. The molecule has 3 amide bonds. The Bertz CT molecular complexity index is 591. The topological polar surface area (TPSA) is 64.7 Å². The molecule has 0 atom stereocenters. The number of hydrogen-bond donors (Lipinski definition) is 2. The molecule has 126 valence electrons. The van der Waals surface area contributed by atoms with Crippen LogP contribution in [0.25, 0.3) is 0 Å². The zero-order valence-electron chi connectivity index (χ0n) is 12.7. The minimum atomic E-state index is -0.550. The number of nitrogens with one attached hydrogen (secondary N) is 2. The molecule has 1 aromatic rings. The summed E-state index contributed by atoms with van der Waals surface area (Å²) in [5.41, 5.74) is 0.576. The minimum Gasteiger partial charge on any atom is -0.337 e. The molecule has 2 N–H and O–H groups in total. The summed E-state index contributed by atoms with van der Waals surface area (Å²) >= 11 is 0. The number of anilines is 1. The Morgan fingerprint density at radius 2 is 1.96 bits per heavy atom. The second-order valence-corrected chi connectivity index (χ2v) is 5.44. The van der Waals surface area contributed by atoms with Gasteiger partial charge in [0, 0.05) is 38.4 Å². The normalized spacial score (nSPS) is 18.2. The highest BCUT2D eigenvalue weighted by Gasteiger charge is 2.25. The summed E-state index contributed by atoms with van der Waals surface area (Å²) in [6.07, 6.45) is 0.849. The number of amides is 3. The molecule has 0 bridgehead atoms. The SMILES string of the molecule is Cl.O=C(c1cc(N2CCNC2=O)ccc1F)N1CCCNCC1. The standard InChI is InChI=1S/C15H19FN4O2.ClH/c16-13-3-2-11(20-9-6-18-15(20)22)10-12(13)14(21)19-7-1-4-17-5-8-19;/h2-3,10,17H,1,4-9H2,(H,18,22);1H. The number of nitrogens with zero attached hydrogens (tertiary/aromatic N) is 2. The molecule has 2 aliphatic rings. The van der Waals surface area contributed by atoms with Gasteiger partial charge in [-0.15, -0.1) is 12.4 Å². The van der Waals surface area contributed by atoms with Crippen molar-refractivity contribution in [2.75, 3.05) is 44.2 Å². The maximum atomic E-state index is 14.1. The van der Waals surface area contributed by atoms with Gasteiger partial charge >= 0.3 is 6.03 Å². The van der Waals surface area contributed by atoms with Crippen LogP contribution >= 0.6 is 12.4 Å². The predicted octanol–water partition coefficient (Wildman–Crippen LogP) is 1.21. The van der Waals surface area contributed by atoms with Crippen molar-refractivity contribution >= 4 is 30.0 Å². The lowest BCUT2D eigenvalue weighted by molar-refractivity contribution is 0.0761. The molecular formula is C15H20ClFN4O2. The smallest absolute Gasteiger partial charge is 0.321 e. The van der Waals surface area contributed by atoms with Gasteiger partial charge in [-0.2, -0.15) is 0 Å². The lowest BCUT2D eigenvalue weighted by Gasteiger charge is -2.21. The maximum Gasteiger partial charge on any atom is 0.321 e. The van der Waals surface area contributed by atoms with Gasteiger partial charge in [-0.25, -0.2) is 9.18 Å². The van der Waals surface area contributed by atoms with E-state index in [-0.39, 0.29) is 29.9 Å². The molecule has 3 rings (SSSR count). The van der Waals surface area contributed by atoms with Crippen molar-refractivity contribution in [2.24, 2.45) is 0 Å². The molecule has 0 spiro atoms. The van der Waals surface area contributed by atoms with Crippen LogP contribution in [0.4, 0.5) is 14.9 Å². The van der Waals surface area contributed by atoms with Crippen LogP contribution in [0.3, 0.4) is 0 Å². The Labute approximate surface area is 140 Å². The van der Waals surface area contributed by atoms with E-state index in [4.69, 9.17) is 0 Å². The van der Waals surface area contributed by atoms with E-state index >= 15 is 0 Å². The lowest BCUT2D eigenvalue weighted by atomic mass is 10.1. The molecule has 0 saturated carbocycles. The molecular weight excluding hydrogens is 323 g/mol. The molecule has 2 fully saturated rings. The Morgan fingerprint density at radius 3 is 2.70 bits per heavy atom. The number of urea groups is 1. The third-order valence-corrected chi connectivity index (χ3v) is 3.98. The summed E-state index contributed by atoms with van der Waals surface area (Å²) in [6, 6.07) is 4.04. The van der Waals surface area contributed by atoms with E-state index in [2.05, 4.69) is 10.6 Å². The Kier molecular flexibility index (Phi) is 5.79. The van der Waals surface area contributed by atoms with Crippen LogP contribution in [0.15, 0.2) is 18.2 Å². The molecule has 2 heterocycles. The van der Waals surface area contributed by atoms with E-state index < -0.39 is 5.82 Å². The average molecular weight is 343 g/mol. The Balaban J connectivity index is 0.00000192. The second-order valence-electron chi connectivity index (χ2n) is 5.44. The van der Waals surface area contributed by atoms with E-state index in [0.717, 1.165) is 13.0 Å². The number of benzene rings is 1. The van der Waals surface area contributed by atoms with Crippen molar-refractivity contribution in [2.45, 2.75) is 6.42 Å². The van der Waals surface area contributed by atoms with Gasteiger partial charge < -0.3 is 15.5 Å². The van der Waals surface area contributed by atoms with Crippen molar-refractivity contribution in [3.05, 3.63) is 29.6 Å². The zero-order valence-corrected chi connectivity index (χ0v) is 13.5. The van der Waals surface area contributed by atoms with E-state index in [1.54, 1.807) is 4.90 Å². The van der Waals surface area contributed by atoms with Crippen molar-refractivity contribution in [1.82, 2.24) is 15.5 Å². The molecule has 2 aliphatic heterocycles. The molecule has 0 aliphatic carbocycles. The summed E-state index contributed by atoms with van der Waals surface area (Å²) in [6.45, 7) is 3.82. The fraction of sp³-hybridized carbons (Fsp3) is 0.467. The molecule has 8 heteroatoms. The van der Waals surface area contributed by atoms with Gasteiger partial charge in [-0.3, -0.25) is 9.69 Å². The van der Waals surface area contributed by atoms with Crippen molar-refractivity contribution in [3.63, 3.8) is 0 Å². The van der Waals surface area contributed by atoms with Gasteiger partial charge in [0.05, 0.1) is 5.56 Å². The summed E-state index contributed by atoms with van der Waals surface area (Å²) in [4.78, 5) is 27.4. The van der Waals surface area contributed by atoms with Gasteiger partial charge in [0.2, 0.25) is 0 Å². The third kappa shape index (κ3) is 3.73. The average Bonchev–Trinajstić information content (AvgIpc) is 2.77. The first-order valence-corrected chi connectivity index (χ1v) is 7.52. The number of carbonyl (C=O) groups is 2. The van der Waals surface area contributed by atoms with E-state index in [1.807, 2.05) is 0 Å². The van der Waals surface area contributed by atoms with Crippen molar-refractivity contribution in [3.8, 4) is 0 Å². The lowest BCUT2D eigenvalue weighted by Crippen LogP contribution is -2.35. The number of hydrogen-bond acceptors (Lipinski definition) is 3. The highest BCUT2D eigenvalue weighted by atomic mass is 35.5. The quantitative estimate of drug-likeness (QED) is 0.849. The van der Waals surface area contributed by atoms with Gasteiger partial charge in [-0.1, -0.05) is 0 Å². The van der Waals surface area contributed by atoms with Crippen LogP contribution in [0, 0.1) is 5.82 Å². The van der Waals surface area contributed by atoms with Gasteiger partial charge in [0.15, 0.2) is 0 Å². The molecule has 0 unspecified atom stereocenters. The highest BCUT2D eigenvalue weighted by Crippen LogP contribution is 2.22. The predicted molar refractivity (Wildman–Crippen MR) is 87.8 cm³/mol. The molecule has 23 heavy (non-hydrogen) atoms. The second kappa shape index (κ2) is 7.61. The van der Waals surface area contributed by atoms with Gasteiger partial charge in [0.25, 0.3) is 5.91 Å². The van der Waals surface area contributed by atoms with Crippen LogP contribution in [0.1, 0.15) is 16.8 Å². The first-order valence-electron chi connectivity index (χ1n) is 7.52.